The Morgan fingerprint density at radius 2 is 2.05 bits per heavy atom. The molecule has 1 aromatic rings. The lowest BCUT2D eigenvalue weighted by molar-refractivity contribution is -0.385. The summed E-state index contributed by atoms with van der Waals surface area (Å²) in [5, 5.41) is 10.9. The average Bonchev–Trinajstić information content (AvgIpc) is 2.47. The van der Waals surface area contributed by atoms with Crippen LogP contribution in [0.25, 0.3) is 0 Å². The van der Waals surface area contributed by atoms with Gasteiger partial charge >= 0.3 is 5.69 Å². The highest BCUT2D eigenvalue weighted by atomic mass is 16.6. The Kier molecular flexibility index (Phi) is 4.19. The van der Waals surface area contributed by atoms with Gasteiger partial charge < -0.3 is 14.4 Å². The molecule has 1 aliphatic rings. The molecule has 1 fully saturated rings. The van der Waals surface area contributed by atoms with E-state index in [-0.39, 0.29) is 17.3 Å². The zero-order valence-electron chi connectivity index (χ0n) is 11.4. The van der Waals surface area contributed by atoms with Gasteiger partial charge in [-0.2, -0.15) is 0 Å². The Hall–Kier alpha value is -2.15. The van der Waals surface area contributed by atoms with Gasteiger partial charge in [0, 0.05) is 30.3 Å². The largest absolute Gasteiger partial charge is 0.490 e. The first kappa shape index (κ1) is 14.3. The number of hydrogen-bond acceptors (Lipinski definition) is 5. The molecule has 0 unspecified atom stereocenters. The zero-order chi connectivity index (χ0) is 14.7. The van der Waals surface area contributed by atoms with Gasteiger partial charge in [-0.1, -0.05) is 0 Å². The molecule has 0 aromatic heterocycles. The van der Waals surface area contributed by atoms with Crippen molar-refractivity contribution in [2.45, 2.75) is 6.92 Å². The van der Waals surface area contributed by atoms with Crippen molar-refractivity contribution in [3.05, 3.63) is 33.4 Å². The van der Waals surface area contributed by atoms with Gasteiger partial charge in [0.15, 0.2) is 0 Å². The van der Waals surface area contributed by atoms with Gasteiger partial charge in [0.2, 0.25) is 5.75 Å². The number of nitro benzene ring substituents is 1. The van der Waals surface area contributed by atoms with Crippen LogP contribution in [0.1, 0.15) is 15.9 Å². The molecule has 1 saturated heterocycles. The Morgan fingerprint density at radius 1 is 1.40 bits per heavy atom. The van der Waals surface area contributed by atoms with Crippen molar-refractivity contribution < 1.29 is 19.2 Å². The van der Waals surface area contributed by atoms with Crippen LogP contribution in [-0.2, 0) is 4.74 Å². The summed E-state index contributed by atoms with van der Waals surface area (Å²) in [6, 6.07) is 2.79. The van der Waals surface area contributed by atoms with Crippen molar-refractivity contribution in [3.63, 3.8) is 0 Å². The van der Waals surface area contributed by atoms with Gasteiger partial charge in [-0.15, -0.1) is 0 Å². The summed E-state index contributed by atoms with van der Waals surface area (Å²) in [7, 11) is 1.36. The zero-order valence-corrected chi connectivity index (χ0v) is 11.4. The number of methoxy groups -OCH3 is 1. The van der Waals surface area contributed by atoms with Crippen molar-refractivity contribution in [1.82, 2.24) is 4.90 Å². The molecule has 20 heavy (non-hydrogen) atoms. The Bertz CT molecular complexity index is 538. The number of carbonyl (C=O) groups is 1. The topological polar surface area (TPSA) is 81.9 Å². The first-order chi connectivity index (χ1) is 9.56. The fourth-order valence-electron chi connectivity index (χ4n) is 2.25. The molecular formula is C13H16N2O5. The number of benzene rings is 1. The number of morpholine rings is 1. The number of ether oxygens (including phenoxy) is 2. The van der Waals surface area contributed by atoms with Gasteiger partial charge in [0.1, 0.15) is 0 Å². The van der Waals surface area contributed by atoms with E-state index in [1.54, 1.807) is 11.8 Å². The van der Waals surface area contributed by atoms with E-state index < -0.39 is 4.92 Å². The van der Waals surface area contributed by atoms with Crippen LogP contribution < -0.4 is 4.74 Å². The molecule has 108 valence electrons. The van der Waals surface area contributed by atoms with E-state index in [1.165, 1.54) is 19.2 Å². The lowest BCUT2D eigenvalue weighted by Crippen LogP contribution is -2.41. The monoisotopic (exact) mass is 280 g/mol. The number of hydrogen-bond donors (Lipinski definition) is 0. The Morgan fingerprint density at radius 3 is 2.60 bits per heavy atom. The highest BCUT2D eigenvalue weighted by Gasteiger charge is 2.25. The first-order valence-corrected chi connectivity index (χ1v) is 6.25. The van der Waals surface area contributed by atoms with Crippen molar-refractivity contribution in [2.75, 3.05) is 33.4 Å². The third kappa shape index (κ3) is 2.57. The van der Waals surface area contributed by atoms with E-state index >= 15 is 0 Å². The summed E-state index contributed by atoms with van der Waals surface area (Å²) in [6.07, 6.45) is 0. The fraction of sp³-hybridized carbons (Fsp3) is 0.462. The molecule has 1 heterocycles. The van der Waals surface area contributed by atoms with Crippen molar-refractivity contribution >= 4 is 11.6 Å². The molecule has 0 spiro atoms. The van der Waals surface area contributed by atoms with Crippen LogP contribution in [0, 0.1) is 17.0 Å². The summed E-state index contributed by atoms with van der Waals surface area (Å²) >= 11 is 0. The quantitative estimate of drug-likeness (QED) is 0.617. The predicted octanol–water partition coefficient (Wildman–Crippen LogP) is 1.38. The van der Waals surface area contributed by atoms with E-state index in [1.807, 2.05) is 0 Å². The number of nitrogens with zero attached hydrogens (tertiary/aromatic N) is 2. The first-order valence-electron chi connectivity index (χ1n) is 6.25. The number of nitro groups is 1. The second-order valence-electron chi connectivity index (χ2n) is 4.45. The van der Waals surface area contributed by atoms with Crippen molar-refractivity contribution in [1.29, 1.82) is 0 Å². The molecule has 1 aliphatic heterocycles. The predicted molar refractivity (Wildman–Crippen MR) is 71.1 cm³/mol. The third-order valence-corrected chi connectivity index (χ3v) is 3.31. The number of amides is 1. The molecule has 1 amide bonds. The standard InChI is InChI=1S/C13H16N2O5/c1-9-10(13(16)14-5-7-20-8-6-14)3-4-11(15(17)18)12(9)19-2/h3-4H,5-8H2,1-2H3. The number of carbonyl (C=O) groups excluding carboxylic acids is 1. The molecular weight excluding hydrogens is 264 g/mol. The lowest BCUT2D eigenvalue weighted by atomic mass is 10.0. The van der Waals surface area contributed by atoms with Crippen LogP contribution >= 0.6 is 0 Å². The van der Waals surface area contributed by atoms with E-state index in [9.17, 15) is 14.9 Å². The highest BCUT2D eigenvalue weighted by Crippen LogP contribution is 2.33. The second kappa shape index (κ2) is 5.87. The summed E-state index contributed by atoms with van der Waals surface area (Å²) in [5.74, 6) is -0.0203. The van der Waals surface area contributed by atoms with Gasteiger partial charge in [-0.25, -0.2) is 0 Å². The van der Waals surface area contributed by atoms with Crippen molar-refractivity contribution in [3.8, 4) is 5.75 Å². The third-order valence-electron chi connectivity index (χ3n) is 3.31. The fourth-order valence-corrected chi connectivity index (χ4v) is 2.25. The summed E-state index contributed by atoms with van der Waals surface area (Å²) < 4.78 is 10.3. The molecule has 1 aromatic carbocycles. The average molecular weight is 280 g/mol. The maximum Gasteiger partial charge on any atom is 0.311 e. The van der Waals surface area contributed by atoms with Crippen LogP contribution in [0.5, 0.6) is 5.75 Å². The molecule has 7 heteroatoms. The maximum absolute atomic E-state index is 12.4. The van der Waals surface area contributed by atoms with Gasteiger partial charge in [-0.05, 0) is 13.0 Å². The summed E-state index contributed by atoms with van der Waals surface area (Å²) in [5.41, 5.74) is 0.774. The molecule has 0 radical (unpaired) electrons. The van der Waals surface area contributed by atoms with E-state index in [0.717, 1.165) is 0 Å². The normalized spacial score (nSPS) is 15.0. The smallest absolute Gasteiger partial charge is 0.311 e. The molecule has 0 atom stereocenters. The minimum atomic E-state index is -0.519. The number of rotatable bonds is 3. The molecule has 0 saturated carbocycles. The lowest BCUT2D eigenvalue weighted by Gasteiger charge is -2.27. The van der Waals surface area contributed by atoms with Crippen LogP contribution in [0.4, 0.5) is 5.69 Å². The molecule has 0 N–H and O–H groups in total. The van der Waals surface area contributed by atoms with E-state index in [0.29, 0.717) is 37.4 Å². The van der Waals surface area contributed by atoms with Crippen LogP contribution in [-0.4, -0.2) is 49.1 Å². The van der Waals surface area contributed by atoms with E-state index in [2.05, 4.69) is 0 Å². The molecule has 0 bridgehead atoms. The van der Waals surface area contributed by atoms with Gasteiger partial charge in [-0.3, -0.25) is 14.9 Å². The van der Waals surface area contributed by atoms with Crippen LogP contribution in [0.2, 0.25) is 0 Å². The Labute approximate surface area is 116 Å². The summed E-state index contributed by atoms with van der Waals surface area (Å²) in [6.45, 7) is 3.72. The van der Waals surface area contributed by atoms with Crippen LogP contribution in [0.3, 0.4) is 0 Å². The SMILES string of the molecule is COc1c([N+](=O)[O-])ccc(C(=O)N2CCOCC2)c1C. The molecule has 7 nitrogen and oxygen atoms in total. The second-order valence-corrected chi connectivity index (χ2v) is 4.45. The molecule has 0 aliphatic carbocycles. The van der Waals surface area contributed by atoms with E-state index in [4.69, 9.17) is 9.47 Å². The van der Waals surface area contributed by atoms with Crippen LogP contribution in [0.15, 0.2) is 12.1 Å². The Balaban J connectivity index is 2.37. The highest BCUT2D eigenvalue weighted by molar-refractivity contribution is 5.97. The summed E-state index contributed by atoms with van der Waals surface area (Å²) in [4.78, 5) is 24.5. The molecule has 2 rings (SSSR count). The minimum absolute atomic E-state index is 0.133. The minimum Gasteiger partial charge on any atom is -0.490 e. The van der Waals surface area contributed by atoms with Gasteiger partial charge in [0.25, 0.3) is 5.91 Å². The maximum atomic E-state index is 12.4. The van der Waals surface area contributed by atoms with Crippen molar-refractivity contribution in [2.24, 2.45) is 0 Å². The van der Waals surface area contributed by atoms with Gasteiger partial charge in [0.05, 0.1) is 25.2 Å².